The van der Waals surface area contributed by atoms with Gasteiger partial charge in [-0.2, -0.15) is 0 Å². The molecule has 0 aromatic rings. The zero-order chi connectivity index (χ0) is 10.8. The summed E-state index contributed by atoms with van der Waals surface area (Å²) in [6.45, 7) is 9.60. The van der Waals surface area contributed by atoms with Gasteiger partial charge in [0.25, 0.3) is 0 Å². The largest absolute Gasteiger partial charge is 0.309 e. The zero-order valence-corrected chi connectivity index (χ0v) is 10.4. The molecule has 3 nitrogen and oxygen atoms in total. The van der Waals surface area contributed by atoms with Crippen molar-refractivity contribution >= 4 is 0 Å². The maximum atomic E-state index is 3.60. The van der Waals surface area contributed by atoms with E-state index in [4.69, 9.17) is 0 Å². The lowest BCUT2D eigenvalue weighted by Gasteiger charge is -2.44. The average Bonchev–Trinajstić information content (AvgIpc) is 2.16. The van der Waals surface area contributed by atoms with E-state index in [-0.39, 0.29) is 0 Å². The first kappa shape index (κ1) is 11.4. The minimum atomic E-state index is 0.654. The van der Waals surface area contributed by atoms with Gasteiger partial charge in [0.1, 0.15) is 0 Å². The van der Waals surface area contributed by atoms with Gasteiger partial charge >= 0.3 is 0 Å². The third kappa shape index (κ3) is 2.92. The molecule has 2 rings (SSSR count). The lowest BCUT2D eigenvalue weighted by molar-refractivity contribution is 0.0728. The van der Waals surface area contributed by atoms with E-state index in [0.29, 0.717) is 12.1 Å². The van der Waals surface area contributed by atoms with Crippen LogP contribution < -0.4 is 5.32 Å². The van der Waals surface area contributed by atoms with E-state index in [9.17, 15) is 0 Å². The minimum absolute atomic E-state index is 0.654. The van der Waals surface area contributed by atoms with Crippen LogP contribution in [0.25, 0.3) is 0 Å². The molecular weight excluding hydrogens is 186 g/mol. The summed E-state index contributed by atoms with van der Waals surface area (Å²) in [4.78, 5) is 5.17. The number of likely N-dealkylation sites (N-methyl/N-ethyl adjacent to an activating group) is 1. The summed E-state index contributed by atoms with van der Waals surface area (Å²) in [7, 11) is 2.25. The highest BCUT2D eigenvalue weighted by molar-refractivity contribution is 4.87. The van der Waals surface area contributed by atoms with Gasteiger partial charge in [-0.15, -0.1) is 0 Å². The zero-order valence-electron chi connectivity index (χ0n) is 10.4. The fraction of sp³-hybridized carbons (Fsp3) is 1.00. The molecule has 3 atom stereocenters. The molecule has 2 saturated heterocycles. The third-order valence-electron chi connectivity index (χ3n) is 3.70. The molecule has 0 aromatic heterocycles. The summed E-state index contributed by atoms with van der Waals surface area (Å²) in [6.07, 6.45) is 2.76. The first-order chi connectivity index (χ1) is 7.15. The Labute approximate surface area is 93.8 Å². The van der Waals surface area contributed by atoms with Crippen LogP contribution in [0.4, 0.5) is 0 Å². The van der Waals surface area contributed by atoms with E-state index in [1.54, 1.807) is 0 Å². The van der Waals surface area contributed by atoms with Crippen LogP contribution in [0.15, 0.2) is 0 Å². The first-order valence-electron chi connectivity index (χ1n) is 6.34. The van der Waals surface area contributed by atoms with Crippen LogP contribution in [-0.4, -0.2) is 61.2 Å². The van der Waals surface area contributed by atoms with Gasteiger partial charge < -0.3 is 10.2 Å². The molecule has 88 valence electrons. The fourth-order valence-electron chi connectivity index (χ4n) is 3.10. The number of rotatable bonds is 1. The maximum absolute atomic E-state index is 3.60. The molecule has 3 heteroatoms. The molecule has 2 aliphatic rings. The van der Waals surface area contributed by atoms with Gasteiger partial charge in [-0.3, -0.25) is 4.90 Å². The smallest absolute Gasteiger partial charge is 0.0224 e. The molecule has 15 heavy (non-hydrogen) atoms. The van der Waals surface area contributed by atoms with Crippen LogP contribution in [0.1, 0.15) is 26.7 Å². The van der Waals surface area contributed by atoms with Crippen molar-refractivity contribution in [1.29, 1.82) is 0 Å². The van der Waals surface area contributed by atoms with Gasteiger partial charge in [-0.1, -0.05) is 0 Å². The molecule has 2 fully saturated rings. The number of piperidine rings is 1. The molecule has 0 aliphatic carbocycles. The van der Waals surface area contributed by atoms with Crippen LogP contribution in [0.2, 0.25) is 0 Å². The van der Waals surface area contributed by atoms with Gasteiger partial charge in [0.05, 0.1) is 0 Å². The lowest BCUT2D eigenvalue weighted by Crippen LogP contribution is -2.59. The van der Waals surface area contributed by atoms with E-state index in [1.807, 2.05) is 0 Å². The molecule has 0 amide bonds. The Morgan fingerprint density at radius 1 is 1.07 bits per heavy atom. The number of likely N-dealkylation sites (tertiary alicyclic amines) is 1. The SMILES string of the molecule is CC1CN(C2CCCN(C)C2)CC(C)N1. The normalized spacial score (nSPS) is 40.6. The quantitative estimate of drug-likeness (QED) is 0.691. The van der Waals surface area contributed by atoms with Crippen molar-refractivity contribution < 1.29 is 0 Å². The Morgan fingerprint density at radius 3 is 2.33 bits per heavy atom. The van der Waals surface area contributed by atoms with Gasteiger partial charge in [0.15, 0.2) is 0 Å². The minimum Gasteiger partial charge on any atom is -0.309 e. The van der Waals surface area contributed by atoms with Gasteiger partial charge in [0, 0.05) is 37.8 Å². The van der Waals surface area contributed by atoms with Crippen LogP contribution in [0.3, 0.4) is 0 Å². The van der Waals surface area contributed by atoms with Gasteiger partial charge in [-0.05, 0) is 40.3 Å². The Bertz CT molecular complexity index is 197. The van der Waals surface area contributed by atoms with E-state index < -0.39 is 0 Å². The van der Waals surface area contributed by atoms with Crippen LogP contribution >= 0.6 is 0 Å². The molecular formula is C12H25N3. The van der Waals surface area contributed by atoms with Crippen molar-refractivity contribution in [3.05, 3.63) is 0 Å². The average molecular weight is 211 g/mol. The Kier molecular flexibility index (Phi) is 3.65. The molecule has 0 radical (unpaired) electrons. The molecule has 1 N–H and O–H groups in total. The summed E-state index contributed by atoms with van der Waals surface area (Å²) in [5.41, 5.74) is 0. The van der Waals surface area contributed by atoms with E-state index >= 15 is 0 Å². The van der Waals surface area contributed by atoms with Crippen molar-refractivity contribution in [2.45, 2.75) is 44.8 Å². The molecule has 2 heterocycles. The molecule has 2 aliphatic heterocycles. The number of hydrogen-bond donors (Lipinski definition) is 1. The Morgan fingerprint density at radius 2 is 1.73 bits per heavy atom. The van der Waals surface area contributed by atoms with E-state index in [1.165, 1.54) is 39.0 Å². The van der Waals surface area contributed by atoms with E-state index in [0.717, 1.165) is 6.04 Å². The highest BCUT2D eigenvalue weighted by Gasteiger charge is 2.28. The Hall–Kier alpha value is -0.120. The van der Waals surface area contributed by atoms with Crippen molar-refractivity contribution in [1.82, 2.24) is 15.1 Å². The van der Waals surface area contributed by atoms with Crippen LogP contribution in [0.5, 0.6) is 0 Å². The second-order valence-corrected chi connectivity index (χ2v) is 5.48. The van der Waals surface area contributed by atoms with Crippen LogP contribution in [0, 0.1) is 0 Å². The van der Waals surface area contributed by atoms with Crippen molar-refractivity contribution in [3.8, 4) is 0 Å². The molecule has 3 unspecified atom stereocenters. The van der Waals surface area contributed by atoms with Gasteiger partial charge in [-0.25, -0.2) is 0 Å². The van der Waals surface area contributed by atoms with Crippen LogP contribution in [-0.2, 0) is 0 Å². The third-order valence-corrected chi connectivity index (χ3v) is 3.70. The van der Waals surface area contributed by atoms with E-state index in [2.05, 4.69) is 36.0 Å². The standard InChI is InChI=1S/C12H25N3/c1-10-7-15(8-11(2)13-10)12-5-4-6-14(3)9-12/h10-13H,4-9H2,1-3H3. The maximum Gasteiger partial charge on any atom is 0.0224 e. The second-order valence-electron chi connectivity index (χ2n) is 5.48. The molecule has 0 saturated carbocycles. The fourth-order valence-corrected chi connectivity index (χ4v) is 3.10. The van der Waals surface area contributed by atoms with Crippen molar-refractivity contribution in [2.75, 3.05) is 33.2 Å². The lowest BCUT2D eigenvalue weighted by atomic mass is 10.0. The van der Waals surface area contributed by atoms with Crippen molar-refractivity contribution in [2.24, 2.45) is 0 Å². The summed E-state index contributed by atoms with van der Waals surface area (Å²) >= 11 is 0. The highest BCUT2D eigenvalue weighted by Crippen LogP contribution is 2.17. The van der Waals surface area contributed by atoms with Crippen molar-refractivity contribution in [3.63, 3.8) is 0 Å². The number of hydrogen-bond acceptors (Lipinski definition) is 3. The molecule has 0 bridgehead atoms. The predicted octanol–water partition coefficient (Wildman–Crippen LogP) is 0.763. The highest BCUT2D eigenvalue weighted by atomic mass is 15.3. The topological polar surface area (TPSA) is 18.5 Å². The number of nitrogens with zero attached hydrogens (tertiary/aromatic N) is 2. The summed E-state index contributed by atoms with van der Waals surface area (Å²) < 4.78 is 0. The monoisotopic (exact) mass is 211 g/mol. The first-order valence-corrected chi connectivity index (χ1v) is 6.34. The summed E-state index contributed by atoms with van der Waals surface area (Å²) in [5.74, 6) is 0. The summed E-state index contributed by atoms with van der Waals surface area (Å²) in [5, 5.41) is 3.60. The number of piperazine rings is 1. The Balaban J connectivity index is 1.91. The predicted molar refractivity (Wildman–Crippen MR) is 64.2 cm³/mol. The summed E-state index contributed by atoms with van der Waals surface area (Å²) in [6, 6.07) is 2.11. The second kappa shape index (κ2) is 4.81. The molecule has 0 aromatic carbocycles. The molecule has 0 spiro atoms. The number of nitrogens with one attached hydrogen (secondary N) is 1. The van der Waals surface area contributed by atoms with Gasteiger partial charge in [0.2, 0.25) is 0 Å².